The van der Waals surface area contributed by atoms with E-state index in [9.17, 15) is 28.1 Å². The first-order valence-corrected chi connectivity index (χ1v) is 8.20. The Labute approximate surface area is 160 Å². The summed E-state index contributed by atoms with van der Waals surface area (Å²) in [4.78, 5) is 24.1. The van der Waals surface area contributed by atoms with Gasteiger partial charge in [0.15, 0.2) is 0 Å². The normalized spacial score (nSPS) is 15.3. The van der Waals surface area contributed by atoms with Crippen LogP contribution in [0.15, 0.2) is 18.2 Å². The number of nitro benzene ring substituents is 1. The number of rotatable bonds is 6. The van der Waals surface area contributed by atoms with Crippen molar-refractivity contribution >= 4 is 24.0 Å². The minimum atomic E-state index is -4.72. The van der Waals surface area contributed by atoms with Crippen LogP contribution in [0.4, 0.5) is 18.9 Å². The van der Waals surface area contributed by atoms with Crippen LogP contribution < -0.4 is 5.73 Å². The van der Waals surface area contributed by atoms with Gasteiger partial charge in [-0.05, 0) is 37.9 Å². The van der Waals surface area contributed by atoms with Gasteiger partial charge in [0.05, 0.1) is 16.6 Å². The Balaban J connectivity index is 0.00000364. The topological polar surface area (TPSA) is 98.7 Å². The van der Waals surface area contributed by atoms with Crippen molar-refractivity contribution in [2.45, 2.75) is 31.5 Å². The van der Waals surface area contributed by atoms with Crippen molar-refractivity contribution in [1.82, 2.24) is 4.90 Å². The minimum Gasteiger partial charge on any atom is -0.378 e. The van der Waals surface area contributed by atoms with Gasteiger partial charge >= 0.3 is 6.18 Å². The van der Waals surface area contributed by atoms with Crippen LogP contribution in [0, 0.1) is 10.1 Å². The molecule has 2 N–H and O–H groups in total. The fourth-order valence-electron chi connectivity index (χ4n) is 2.77. The lowest BCUT2D eigenvalue weighted by Crippen LogP contribution is -2.41. The summed E-state index contributed by atoms with van der Waals surface area (Å²) in [6.45, 7) is 1.70. The van der Waals surface area contributed by atoms with E-state index in [0.717, 1.165) is 12.5 Å². The highest BCUT2D eigenvalue weighted by Gasteiger charge is 2.35. The number of ether oxygens (including phenoxy) is 1. The second kappa shape index (κ2) is 9.86. The van der Waals surface area contributed by atoms with Gasteiger partial charge in [-0.1, -0.05) is 0 Å². The van der Waals surface area contributed by atoms with E-state index in [-0.39, 0.29) is 24.1 Å². The number of hydrogen-bond donors (Lipinski definition) is 1. The van der Waals surface area contributed by atoms with Gasteiger partial charge < -0.3 is 15.4 Å². The number of benzene rings is 1. The number of carbonyl (C=O) groups excluding carboxylic acids is 1. The number of nitrogens with two attached hydrogens (primary N) is 1. The molecule has 0 saturated carbocycles. The molecule has 0 bridgehead atoms. The predicted octanol–water partition coefficient (Wildman–Crippen LogP) is 3.01. The Kier molecular flexibility index (Phi) is 8.45. The van der Waals surface area contributed by atoms with E-state index in [1.165, 1.54) is 4.90 Å². The zero-order chi connectivity index (χ0) is 19.3. The fraction of sp³-hybridized carbons (Fsp3) is 0.562. The number of carbonyl (C=O) groups is 1. The average molecular weight is 412 g/mol. The number of hydrogen-bond acceptors (Lipinski definition) is 5. The van der Waals surface area contributed by atoms with E-state index in [0.29, 0.717) is 51.2 Å². The molecule has 1 saturated heterocycles. The third kappa shape index (κ3) is 6.05. The number of alkyl halides is 3. The standard InChI is InChI=1S/C16H20F3N3O4.ClH/c17-16(18,19)11-2-3-13(14(10-11)22(24)25)15(23)21-7-4-12(5-8-21)26-9-1-6-20;/h2-3,10,12H,1,4-9,20H2;1H. The number of likely N-dealkylation sites (tertiary alicyclic amines) is 1. The molecule has 152 valence electrons. The van der Waals surface area contributed by atoms with Gasteiger partial charge in [-0.2, -0.15) is 13.2 Å². The monoisotopic (exact) mass is 411 g/mol. The lowest BCUT2D eigenvalue weighted by Gasteiger charge is -2.32. The van der Waals surface area contributed by atoms with Crippen LogP contribution in [0.2, 0.25) is 0 Å². The van der Waals surface area contributed by atoms with Crippen LogP contribution in [-0.4, -0.2) is 48.1 Å². The zero-order valence-electron chi connectivity index (χ0n) is 14.4. The van der Waals surface area contributed by atoms with Crippen molar-refractivity contribution < 1.29 is 27.6 Å². The fourth-order valence-corrected chi connectivity index (χ4v) is 2.77. The van der Waals surface area contributed by atoms with E-state index >= 15 is 0 Å². The molecular formula is C16H21ClF3N3O4. The summed E-state index contributed by atoms with van der Waals surface area (Å²) in [6, 6.07) is 1.95. The van der Waals surface area contributed by atoms with Crippen LogP contribution in [0.25, 0.3) is 0 Å². The number of nitrogens with zero attached hydrogens (tertiary/aromatic N) is 2. The summed E-state index contributed by atoms with van der Waals surface area (Å²) in [5.74, 6) is -0.647. The van der Waals surface area contributed by atoms with Gasteiger partial charge in [0.1, 0.15) is 5.56 Å². The minimum absolute atomic E-state index is 0. The molecule has 1 fully saturated rings. The summed E-state index contributed by atoms with van der Waals surface area (Å²) in [5, 5.41) is 11.1. The highest BCUT2D eigenvalue weighted by atomic mass is 35.5. The van der Waals surface area contributed by atoms with Gasteiger partial charge in [0, 0.05) is 25.8 Å². The van der Waals surface area contributed by atoms with Crippen LogP contribution in [0.3, 0.4) is 0 Å². The van der Waals surface area contributed by atoms with Crippen molar-refractivity contribution in [3.63, 3.8) is 0 Å². The molecular weight excluding hydrogens is 391 g/mol. The van der Waals surface area contributed by atoms with Crippen LogP contribution in [0.5, 0.6) is 0 Å². The molecule has 0 spiro atoms. The van der Waals surface area contributed by atoms with E-state index in [2.05, 4.69) is 0 Å². The van der Waals surface area contributed by atoms with Crippen molar-refractivity contribution in [2.24, 2.45) is 5.73 Å². The molecule has 0 radical (unpaired) electrons. The van der Waals surface area contributed by atoms with Crippen molar-refractivity contribution in [3.05, 3.63) is 39.4 Å². The van der Waals surface area contributed by atoms with Crippen molar-refractivity contribution in [3.8, 4) is 0 Å². The van der Waals surface area contributed by atoms with Crippen LogP contribution in [-0.2, 0) is 10.9 Å². The molecule has 0 aromatic heterocycles. The second-order valence-corrected chi connectivity index (χ2v) is 5.99. The summed E-state index contributed by atoms with van der Waals surface area (Å²) in [5.41, 5.74) is 3.04. The lowest BCUT2D eigenvalue weighted by atomic mass is 10.0. The molecule has 0 unspecified atom stereocenters. The number of nitro groups is 1. The average Bonchev–Trinajstić information content (AvgIpc) is 2.60. The molecule has 1 aliphatic heterocycles. The molecule has 2 rings (SSSR count). The molecule has 1 heterocycles. The van der Waals surface area contributed by atoms with Crippen LogP contribution >= 0.6 is 12.4 Å². The first-order chi connectivity index (χ1) is 12.2. The van der Waals surface area contributed by atoms with Gasteiger partial charge in [0.25, 0.3) is 11.6 Å². The maximum absolute atomic E-state index is 12.7. The largest absolute Gasteiger partial charge is 0.416 e. The Hall–Kier alpha value is -1.91. The SMILES string of the molecule is Cl.NCCCOC1CCN(C(=O)c2ccc(C(F)(F)F)cc2[N+](=O)[O-])CC1. The third-order valence-corrected chi connectivity index (χ3v) is 4.18. The molecule has 1 aromatic rings. The van der Waals surface area contributed by atoms with Crippen molar-refractivity contribution in [2.75, 3.05) is 26.2 Å². The van der Waals surface area contributed by atoms with Crippen molar-refractivity contribution in [1.29, 1.82) is 0 Å². The molecule has 0 atom stereocenters. The molecule has 0 aliphatic carbocycles. The second-order valence-electron chi connectivity index (χ2n) is 5.99. The van der Waals surface area contributed by atoms with Gasteiger partial charge in [-0.25, -0.2) is 0 Å². The Bertz CT molecular complexity index is 665. The number of halogens is 4. The first-order valence-electron chi connectivity index (χ1n) is 8.20. The highest BCUT2D eigenvalue weighted by Crippen LogP contribution is 2.33. The van der Waals surface area contributed by atoms with E-state index < -0.39 is 28.3 Å². The van der Waals surface area contributed by atoms with E-state index in [1.807, 2.05) is 0 Å². The summed E-state index contributed by atoms with van der Waals surface area (Å²) in [6.07, 6.45) is -2.88. The molecule has 11 heteroatoms. The number of amides is 1. The molecule has 27 heavy (non-hydrogen) atoms. The molecule has 1 aromatic carbocycles. The quantitative estimate of drug-likeness (QED) is 0.440. The smallest absolute Gasteiger partial charge is 0.378 e. The maximum atomic E-state index is 12.7. The molecule has 1 amide bonds. The van der Waals surface area contributed by atoms with Gasteiger partial charge in [0.2, 0.25) is 0 Å². The Morgan fingerprint density at radius 3 is 2.48 bits per heavy atom. The maximum Gasteiger partial charge on any atom is 0.416 e. The summed E-state index contributed by atoms with van der Waals surface area (Å²) in [7, 11) is 0. The predicted molar refractivity (Wildman–Crippen MR) is 93.9 cm³/mol. The first kappa shape index (κ1) is 23.1. The van der Waals surface area contributed by atoms with E-state index in [4.69, 9.17) is 10.5 Å². The van der Waals surface area contributed by atoms with Gasteiger partial charge in [-0.3, -0.25) is 14.9 Å². The molecule has 1 aliphatic rings. The zero-order valence-corrected chi connectivity index (χ0v) is 15.2. The Morgan fingerprint density at radius 1 is 1.33 bits per heavy atom. The summed E-state index contributed by atoms with van der Waals surface area (Å²) >= 11 is 0. The Morgan fingerprint density at radius 2 is 1.96 bits per heavy atom. The van der Waals surface area contributed by atoms with Gasteiger partial charge in [-0.15, -0.1) is 12.4 Å². The number of piperidine rings is 1. The summed E-state index contributed by atoms with van der Waals surface area (Å²) < 4.78 is 43.9. The lowest BCUT2D eigenvalue weighted by molar-refractivity contribution is -0.385. The molecule has 7 nitrogen and oxygen atoms in total. The van der Waals surface area contributed by atoms with Crippen LogP contribution in [0.1, 0.15) is 35.2 Å². The van der Waals surface area contributed by atoms with E-state index in [1.54, 1.807) is 0 Å². The highest BCUT2D eigenvalue weighted by molar-refractivity contribution is 5.98. The third-order valence-electron chi connectivity index (χ3n) is 4.18.